The van der Waals surface area contributed by atoms with E-state index in [1.54, 1.807) is 10.3 Å². The predicted molar refractivity (Wildman–Crippen MR) is 96.1 cm³/mol. The molecular formula is C17H20N4O3S. The van der Waals surface area contributed by atoms with Crippen LogP contribution in [-0.2, 0) is 11.3 Å². The van der Waals surface area contributed by atoms with Crippen LogP contribution in [0.5, 0.6) is 5.75 Å². The van der Waals surface area contributed by atoms with Crippen molar-refractivity contribution in [2.45, 2.75) is 6.54 Å². The van der Waals surface area contributed by atoms with Gasteiger partial charge in [0.1, 0.15) is 16.5 Å². The summed E-state index contributed by atoms with van der Waals surface area (Å²) in [6.45, 7) is 1.67. The normalized spacial score (nSPS) is 13.6. The molecule has 1 aliphatic heterocycles. The van der Waals surface area contributed by atoms with Crippen LogP contribution < -0.4 is 15.0 Å². The molecule has 1 aliphatic rings. The molecule has 1 N–H and O–H groups in total. The minimum Gasteiger partial charge on any atom is -0.482 e. The summed E-state index contributed by atoms with van der Waals surface area (Å²) in [5, 5.41) is 5.27. The van der Waals surface area contributed by atoms with Crippen molar-refractivity contribution in [3.8, 4) is 5.75 Å². The number of aromatic nitrogens is 1. The number of amides is 2. The van der Waals surface area contributed by atoms with E-state index in [1.807, 2.05) is 43.3 Å². The van der Waals surface area contributed by atoms with Crippen LogP contribution in [-0.4, -0.2) is 55.5 Å². The Hall–Kier alpha value is -2.45. The molecule has 1 aromatic heterocycles. The zero-order valence-corrected chi connectivity index (χ0v) is 15.0. The van der Waals surface area contributed by atoms with Gasteiger partial charge in [0.15, 0.2) is 6.61 Å². The number of ether oxygens (including phenoxy) is 1. The second kappa shape index (κ2) is 7.62. The van der Waals surface area contributed by atoms with E-state index in [-0.39, 0.29) is 18.4 Å². The van der Waals surface area contributed by atoms with Crippen LogP contribution in [0.15, 0.2) is 29.6 Å². The van der Waals surface area contributed by atoms with Gasteiger partial charge < -0.3 is 15.0 Å². The van der Waals surface area contributed by atoms with E-state index in [9.17, 15) is 9.59 Å². The SMILES string of the molecule is CN(C)CCNC(=O)c1csc(CN2C(=O)COc3ccccc32)n1. The number of rotatable bonds is 6. The first-order chi connectivity index (χ1) is 12.0. The van der Waals surface area contributed by atoms with Crippen molar-refractivity contribution in [1.82, 2.24) is 15.2 Å². The van der Waals surface area contributed by atoms with Gasteiger partial charge in [-0.1, -0.05) is 12.1 Å². The quantitative estimate of drug-likeness (QED) is 0.842. The maximum atomic E-state index is 12.2. The Labute approximate surface area is 150 Å². The molecule has 0 saturated carbocycles. The number of para-hydroxylation sites is 2. The summed E-state index contributed by atoms with van der Waals surface area (Å²) < 4.78 is 5.43. The van der Waals surface area contributed by atoms with Crippen molar-refractivity contribution in [3.05, 3.63) is 40.3 Å². The highest BCUT2D eigenvalue weighted by Gasteiger charge is 2.26. The molecule has 132 valence electrons. The lowest BCUT2D eigenvalue weighted by Crippen LogP contribution is -2.38. The minimum atomic E-state index is -0.196. The van der Waals surface area contributed by atoms with Gasteiger partial charge in [0.05, 0.1) is 12.2 Å². The highest BCUT2D eigenvalue weighted by molar-refractivity contribution is 7.09. The number of carbonyl (C=O) groups is 2. The molecule has 0 atom stereocenters. The van der Waals surface area contributed by atoms with E-state index in [2.05, 4.69) is 10.3 Å². The van der Waals surface area contributed by atoms with Gasteiger partial charge >= 0.3 is 0 Å². The minimum absolute atomic E-state index is 0.0142. The first-order valence-electron chi connectivity index (χ1n) is 7.94. The van der Waals surface area contributed by atoms with Crippen molar-refractivity contribution in [3.63, 3.8) is 0 Å². The number of hydrogen-bond donors (Lipinski definition) is 1. The van der Waals surface area contributed by atoms with Crippen molar-refractivity contribution in [2.75, 3.05) is 38.7 Å². The van der Waals surface area contributed by atoms with E-state index < -0.39 is 0 Å². The second-order valence-corrected chi connectivity index (χ2v) is 6.86. The Kier molecular flexibility index (Phi) is 5.30. The molecule has 2 heterocycles. The summed E-state index contributed by atoms with van der Waals surface area (Å²) in [6.07, 6.45) is 0. The molecule has 0 unspecified atom stereocenters. The molecule has 0 bridgehead atoms. The number of anilines is 1. The Morgan fingerprint density at radius 2 is 2.20 bits per heavy atom. The predicted octanol–water partition coefficient (Wildman–Crippen LogP) is 1.36. The van der Waals surface area contributed by atoms with E-state index in [1.165, 1.54) is 11.3 Å². The van der Waals surface area contributed by atoms with E-state index in [4.69, 9.17) is 4.74 Å². The summed E-state index contributed by atoms with van der Waals surface area (Å²) in [5.41, 5.74) is 1.11. The Morgan fingerprint density at radius 3 is 3.00 bits per heavy atom. The highest BCUT2D eigenvalue weighted by Crippen LogP contribution is 2.32. The number of nitrogens with zero attached hydrogens (tertiary/aromatic N) is 3. The monoisotopic (exact) mass is 360 g/mol. The fraction of sp³-hybridized carbons (Fsp3) is 0.353. The molecule has 2 aromatic rings. The zero-order valence-electron chi connectivity index (χ0n) is 14.2. The number of benzene rings is 1. The fourth-order valence-electron chi connectivity index (χ4n) is 2.43. The summed E-state index contributed by atoms with van der Waals surface area (Å²) in [6, 6.07) is 7.40. The van der Waals surface area contributed by atoms with Gasteiger partial charge in [-0.2, -0.15) is 0 Å². The number of carbonyl (C=O) groups excluding carboxylic acids is 2. The van der Waals surface area contributed by atoms with Crippen molar-refractivity contribution >= 4 is 28.8 Å². The van der Waals surface area contributed by atoms with Crippen molar-refractivity contribution in [2.24, 2.45) is 0 Å². The lowest BCUT2D eigenvalue weighted by atomic mass is 10.2. The molecule has 25 heavy (non-hydrogen) atoms. The lowest BCUT2D eigenvalue weighted by Gasteiger charge is -2.28. The fourth-order valence-corrected chi connectivity index (χ4v) is 3.20. The van der Waals surface area contributed by atoms with Crippen LogP contribution in [0.4, 0.5) is 5.69 Å². The summed E-state index contributed by atoms with van der Waals surface area (Å²) >= 11 is 1.37. The standard InChI is InChI=1S/C17H20N4O3S/c1-20(2)8-7-18-17(23)12-11-25-15(19-12)9-21-13-5-3-4-6-14(13)24-10-16(21)22/h3-6,11H,7-10H2,1-2H3,(H,18,23). The molecule has 2 amide bonds. The number of likely N-dealkylation sites (N-methyl/N-ethyl adjacent to an activating group) is 1. The average Bonchev–Trinajstić information content (AvgIpc) is 3.06. The molecule has 0 saturated heterocycles. The molecule has 0 aliphatic carbocycles. The molecule has 0 fully saturated rings. The van der Waals surface area contributed by atoms with E-state index in [0.29, 0.717) is 29.5 Å². The van der Waals surface area contributed by atoms with Gasteiger partial charge in [-0.15, -0.1) is 11.3 Å². The van der Waals surface area contributed by atoms with Crippen LogP contribution in [0.1, 0.15) is 15.5 Å². The Balaban J connectivity index is 1.67. The third-order valence-corrected chi connectivity index (χ3v) is 4.56. The number of thiazole rings is 1. The number of nitrogens with one attached hydrogen (secondary N) is 1. The van der Waals surface area contributed by atoms with Crippen LogP contribution in [0.3, 0.4) is 0 Å². The molecule has 8 heteroatoms. The van der Waals surface area contributed by atoms with Crippen LogP contribution in [0, 0.1) is 0 Å². The van der Waals surface area contributed by atoms with E-state index >= 15 is 0 Å². The highest BCUT2D eigenvalue weighted by atomic mass is 32.1. The van der Waals surface area contributed by atoms with E-state index in [0.717, 1.165) is 12.2 Å². The van der Waals surface area contributed by atoms with Gasteiger partial charge in [-0.3, -0.25) is 14.5 Å². The van der Waals surface area contributed by atoms with Gasteiger partial charge in [-0.05, 0) is 26.2 Å². The first kappa shape index (κ1) is 17.4. The third kappa shape index (κ3) is 4.15. The molecule has 1 aromatic carbocycles. The topological polar surface area (TPSA) is 74.8 Å². The van der Waals surface area contributed by atoms with Crippen LogP contribution in [0.25, 0.3) is 0 Å². The van der Waals surface area contributed by atoms with Crippen LogP contribution in [0.2, 0.25) is 0 Å². The van der Waals surface area contributed by atoms with Crippen molar-refractivity contribution in [1.29, 1.82) is 0 Å². The summed E-state index contributed by atoms with van der Waals surface area (Å²) in [7, 11) is 3.90. The molecule has 7 nitrogen and oxygen atoms in total. The summed E-state index contributed by atoms with van der Waals surface area (Å²) in [5.74, 6) is 0.365. The average molecular weight is 360 g/mol. The lowest BCUT2D eigenvalue weighted by molar-refractivity contribution is -0.121. The summed E-state index contributed by atoms with van der Waals surface area (Å²) in [4.78, 5) is 32.3. The molecule has 0 radical (unpaired) electrons. The second-order valence-electron chi connectivity index (χ2n) is 5.92. The maximum absolute atomic E-state index is 12.2. The van der Waals surface area contributed by atoms with Crippen molar-refractivity contribution < 1.29 is 14.3 Å². The maximum Gasteiger partial charge on any atom is 0.270 e. The molecular weight excluding hydrogens is 340 g/mol. The van der Waals surface area contributed by atoms with Crippen LogP contribution >= 0.6 is 11.3 Å². The first-order valence-corrected chi connectivity index (χ1v) is 8.82. The van der Waals surface area contributed by atoms with Gasteiger partial charge in [-0.25, -0.2) is 4.98 Å². The largest absolute Gasteiger partial charge is 0.482 e. The number of hydrogen-bond acceptors (Lipinski definition) is 6. The van der Waals surface area contributed by atoms with Gasteiger partial charge in [0.2, 0.25) is 0 Å². The third-order valence-electron chi connectivity index (χ3n) is 3.73. The number of fused-ring (bicyclic) bond motifs is 1. The van der Waals surface area contributed by atoms with Gasteiger partial charge in [0, 0.05) is 18.5 Å². The molecule has 0 spiro atoms. The Morgan fingerprint density at radius 1 is 1.40 bits per heavy atom. The van der Waals surface area contributed by atoms with Gasteiger partial charge in [0.25, 0.3) is 11.8 Å². The zero-order chi connectivity index (χ0) is 17.8. The molecule has 3 rings (SSSR count). The Bertz CT molecular complexity index is 775. The smallest absolute Gasteiger partial charge is 0.270 e.